The number of nitrogens with zero attached hydrogens (tertiary/aromatic N) is 2. The normalized spacial score (nSPS) is 20.9. The molecular weight excluding hydrogens is 292 g/mol. The van der Waals surface area contributed by atoms with Gasteiger partial charge in [0.2, 0.25) is 0 Å². The van der Waals surface area contributed by atoms with Gasteiger partial charge in [-0.05, 0) is 38.0 Å². The summed E-state index contributed by atoms with van der Waals surface area (Å²) in [6.07, 6.45) is 1.35. The lowest BCUT2D eigenvalue weighted by Gasteiger charge is -2.13. The van der Waals surface area contributed by atoms with E-state index in [9.17, 15) is 13.2 Å². The summed E-state index contributed by atoms with van der Waals surface area (Å²) >= 11 is 0. The molecule has 2 heterocycles. The Balaban J connectivity index is 2.07. The molecule has 1 aromatic heterocycles. The van der Waals surface area contributed by atoms with Crippen LogP contribution in [-0.4, -0.2) is 40.0 Å². The summed E-state index contributed by atoms with van der Waals surface area (Å²) in [6.45, 7) is 2.15. The molecule has 0 spiro atoms. The summed E-state index contributed by atoms with van der Waals surface area (Å²) in [5, 5.41) is 8.68. The Hall–Kier alpha value is -1.89. The molecular formula is C14H16N2O4S. The van der Waals surface area contributed by atoms with E-state index in [0.29, 0.717) is 36.2 Å². The molecule has 6 nitrogen and oxygen atoms in total. The first-order valence-corrected chi connectivity index (χ1v) is 8.52. The molecule has 21 heavy (non-hydrogen) atoms. The van der Waals surface area contributed by atoms with Crippen molar-refractivity contribution in [1.29, 1.82) is 0 Å². The number of rotatable bonds is 3. The monoisotopic (exact) mass is 308 g/mol. The van der Waals surface area contributed by atoms with E-state index in [1.165, 1.54) is 6.07 Å². The van der Waals surface area contributed by atoms with Crippen molar-refractivity contribution in [2.75, 3.05) is 5.75 Å². The van der Waals surface area contributed by atoms with Gasteiger partial charge in [-0.15, -0.1) is 0 Å². The molecule has 1 atom stereocenters. The summed E-state index contributed by atoms with van der Waals surface area (Å²) in [4.78, 5) is 15.5. The largest absolute Gasteiger partial charge is 0.478 e. The van der Waals surface area contributed by atoms with Crippen molar-refractivity contribution in [2.45, 2.75) is 31.6 Å². The van der Waals surface area contributed by atoms with Crippen LogP contribution in [0.1, 0.15) is 29.0 Å². The Kier molecular flexibility index (Phi) is 3.24. The molecule has 1 aromatic carbocycles. The second kappa shape index (κ2) is 4.84. The fourth-order valence-electron chi connectivity index (χ4n) is 2.87. The van der Waals surface area contributed by atoms with Gasteiger partial charge in [-0.1, -0.05) is 0 Å². The quantitative estimate of drug-likeness (QED) is 0.930. The van der Waals surface area contributed by atoms with Crippen molar-refractivity contribution in [3.63, 3.8) is 0 Å². The van der Waals surface area contributed by atoms with Gasteiger partial charge in [-0.25, -0.2) is 18.2 Å². The maximum atomic E-state index is 12.0. The van der Waals surface area contributed by atoms with Crippen molar-refractivity contribution >= 4 is 26.8 Å². The first-order valence-electron chi connectivity index (χ1n) is 6.80. The van der Waals surface area contributed by atoms with Gasteiger partial charge in [0.15, 0.2) is 9.84 Å². The van der Waals surface area contributed by atoms with Crippen LogP contribution in [0.15, 0.2) is 18.2 Å². The summed E-state index contributed by atoms with van der Waals surface area (Å²) < 4.78 is 25.8. The average molecular weight is 308 g/mol. The number of hydrogen-bond acceptors (Lipinski definition) is 4. The number of sulfone groups is 1. The Morgan fingerprint density at radius 1 is 1.48 bits per heavy atom. The van der Waals surface area contributed by atoms with Gasteiger partial charge < -0.3 is 9.67 Å². The van der Waals surface area contributed by atoms with E-state index in [2.05, 4.69) is 4.98 Å². The number of carboxylic acids is 1. The Labute approximate surface area is 122 Å². The minimum atomic E-state index is -3.04. The van der Waals surface area contributed by atoms with Gasteiger partial charge in [0, 0.05) is 6.54 Å². The number of aromatic nitrogens is 2. The molecule has 112 valence electrons. The Morgan fingerprint density at radius 3 is 2.86 bits per heavy atom. The van der Waals surface area contributed by atoms with E-state index in [-0.39, 0.29) is 11.3 Å². The highest BCUT2D eigenvalue weighted by Crippen LogP contribution is 2.25. The van der Waals surface area contributed by atoms with Crippen LogP contribution >= 0.6 is 0 Å². The van der Waals surface area contributed by atoms with Crippen LogP contribution in [0.2, 0.25) is 0 Å². The number of hydrogen-bond donors (Lipinski definition) is 1. The van der Waals surface area contributed by atoms with Crippen molar-refractivity contribution in [3.8, 4) is 0 Å². The molecule has 0 saturated carbocycles. The van der Waals surface area contributed by atoms with E-state index < -0.39 is 21.1 Å². The molecule has 0 aliphatic carbocycles. The van der Waals surface area contributed by atoms with Crippen LogP contribution in [0.25, 0.3) is 11.0 Å². The topological polar surface area (TPSA) is 89.3 Å². The molecule has 0 amide bonds. The van der Waals surface area contributed by atoms with Crippen molar-refractivity contribution in [1.82, 2.24) is 9.55 Å². The van der Waals surface area contributed by atoms with Crippen molar-refractivity contribution < 1.29 is 18.3 Å². The van der Waals surface area contributed by atoms with E-state index in [0.717, 1.165) is 0 Å². The molecule has 0 bridgehead atoms. The molecule has 1 unspecified atom stereocenters. The highest BCUT2D eigenvalue weighted by molar-refractivity contribution is 7.92. The molecule has 1 aliphatic heterocycles. The third kappa shape index (κ3) is 2.42. The van der Waals surface area contributed by atoms with Crippen molar-refractivity contribution in [2.24, 2.45) is 0 Å². The van der Waals surface area contributed by atoms with E-state index in [1.54, 1.807) is 12.1 Å². The summed E-state index contributed by atoms with van der Waals surface area (Å²) in [6, 6.07) is 4.72. The first kappa shape index (κ1) is 14.1. The summed E-state index contributed by atoms with van der Waals surface area (Å²) in [5.74, 6) is -0.0607. The number of carboxylic acid groups (broad SMARTS) is 1. The van der Waals surface area contributed by atoms with Gasteiger partial charge >= 0.3 is 5.97 Å². The van der Waals surface area contributed by atoms with Gasteiger partial charge in [0.1, 0.15) is 5.82 Å². The SMILES string of the molecule is Cc1nc2ccc(C(=O)O)cc2n1CC1CCCS1(=O)=O. The number of fused-ring (bicyclic) bond motifs is 1. The third-order valence-electron chi connectivity index (χ3n) is 4.04. The van der Waals surface area contributed by atoms with Crippen LogP contribution in [0.4, 0.5) is 0 Å². The fraction of sp³-hybridized carbons (Fsp3) is 0.429. The zero-order chi connectivity index (χ0) is 15.2. The third-order valence-corrected chi connectivity index (χ3v) is 6.29. The fourth-order valence-corrected chi connectivity index (χ4v) is 4.68. The number of benzene rings is 1. The van der Waals surface area contributed by atoms with E-state index in [1.807, 2.05) is 11.5 Å². The predicted molar refractivity (Wildman–Crippen MR) is 78.2 cm³/mol. The number of carbonyl (C=O) groups is 1. The molecule has 1 N–H and O–H groups in total. The van der Waals surface area contributed by atoms with E-state index >= 15 is 0 Å². The van der Waals surface area contributed by atoms with Crippen LogP contribution in [-0.2, 0) is 16.4 Å². The highest BCUT2D eigenvalue weighted by atomic mass is 32.2. The second-order valence-electron chi connectivity index (χ2n) is 5.41. The number of aryl methyl sites for hydroxylation is 1. The highest BCUT2D eigenvalue weighted by Gasteiger charge is 2.32. The molecule has 1 saturated heterocycles. The molecule has 1 fully saturated rings. The molecule has 1 aliphatic rings. The Bertz CT molecular complexity index is 823. The van der Waals surface area contributed by atoms with Crippen LogP contribution in [0.5, 0.6) is 0 Å². The predicted octanol–water partition coefficient (Wildman–Crippen LogP) is 1.62. The van der Waals surface area contributed by atoms with Gasteiger partial charge in [-0.3, -0.25) is 0 Å². The summed E-state index contributed by atoms with van der Waals surface area (Å²) in [7, 11) is -3.04. The Morgan fingerprint density at radius 2 is 2.24 bits per heavy atom. The smallest absolute Gasteiger partial charge is 0.335 e. The van der Waals surface area contributed by atoms with Crippen molar-refractivity contribution in [3.05, 3.63) is 29.6 Å². The average Bonchev–Trinajstić information content (AvgIpc) is 2.90. The summed E-state index contributed by atoms with van der Waals surface area (Å²) in [5.41, 5.74) is 1.54. The van der Waals surface area contributed by atoms with Gasteiger partial charge in [0.05, 0.1) is 27.6 Å². The molecule has 3 rings (SSSR count). The standard InChI is InChI=1S/C14H16N2O4S/c1-9-15-12-5-4-10(14(17)18)7-13(12)16(9)8-11-3-2-6-21(11,19)20/h4-5,7,11H,2-3,6,8H2,1H3,(H,17,18). The van der Waals surface area contributed by atoms with Gasteiger partial charge in [0.25, 0.3) is 0 Å². The van der Waals surface area contributed by atoms with Crippen LogP contribution in [0.3, 0.4) is 0 Å². The molecule has 7 heteroatoms. The lowest BCUT2D eigenvalue weighted by molar-refractivity contribution is 0.0697. The first-order chi connectivity index (χ1) is 9.88. The number of imidazole rings is 1. The minimum Gasteiger partial charge on any atom is -0.478 e. The van der Waals surface area contributed by atoms with Crippen LogP contribution in [0, 0.1) is 6.92 Å². The molecule has 0 radical (unpaired) electrons. The van der Waals surface area contributed by atoms with Gasteiger partial charge in [-0.2, -0.15) is 0 Å². The second-order valence-corrected chi connectivity index (χ2v) is 7.81. The van der Waals surface area contributed by atoms with E-state index in [4.69, 9.17) is 5.11 Å². The van der Waals surface area contributed by atoms with Crippen LogP contribution < -0.4 is 0 Å². The lowest BCUT2D eigenvalue weighted by atomic mass is 10.2. The zero-order valence-electron chi connectivity index (χ0n) is 11.6. The maximum absolute atomic E-state index is 12.0. The lowest BCUT2D eigenvalue weighted by Crippen LogP contribution is -2.22. The molecule has 2 aromatic rings. The zero-order valence-corrected chi connectivity index (χ0v) is 12.4. The number of aromatic carboxylic acids is 1. The maximum Gasteiger partial charge on any atom is 0.335 e. The minimum absolute atomic E-state index is 0.179.